The number of hydrogen-bond acceptors (Lipinski definition) is 0. The minimum Gasteiger partial charge on any atom is -0.130 e. The fraction of sp³-hybridized carbons (Fsp3) is 0.250. The Kier molecular flexibility index (Phi) is 12.5. The lowest BCUT2D eigenvalue weighted by Gasteiger charge is -1.87. The van der Waals surface area contributed by atoms with Crippen molar-refractivity contribution in [2.24, 2.45) is 0 Å². The second-order valence-electron chi connectivity index (χ2n) is 1.57. The molecular weight excluding hydrogens is 202 g/mol. The van der Waals surface area contributed by atoms with Crippen molar-refractivity contribution < 1.29 is 0 Å². The van der Waals surface area contributed by atoms with E-state index < -0.39 is 0 Å². The van der Waals surface area contributed by atoms with Crippen LogP contribution in [0.3, 0.4) is 0 Å². The molecule has 0 fully saturated rings. The molecule has 0 bridgehead atoms. The highest BCUT2D eigenvalue weighted by Gasteiger charge is 1.82. The molecule has 0 saturated heterocycles. The molecule has 0 N–H and O–H groups in total. The molecule has 0 unspecified atom stereocenters. The van der Waals surface area contributed by atoms with Gasteiger partial charge in [0, 0.05) is 17.3 Å². The topological polar surface area (TPSA) is 0 Å². The van der Waals surface area contributed by atoms with Crippen LogP contribution in [0.15, 0.2) is 35.9 Å². The Bertz CT molecular complexity index is 147. The predicted molar refractivity (Wildman–Crippen MR) is 55.8 cm³/mol. The standard InChI is InChI=1S/C7H8Cl2.CH3Cl/c1-6(5-8)3-4-7(2)9;1-2/h3-4H,1-2,5H2;1H3/b4-3-;. The average Bonchev–Trinajstić information content (AvgIpc) is 2.04. The van der Waals surface area contributed by atoms with Crippen LogP contribution < -0.4 is 0 Å². The van der Waals surface area contributed by atoms with E-state index >= 15 is 0 Å². The van der Waals surface area contributed by atoms with Crippen molar-refractivity contribution in [3.63, 3.8) is 0 Å². The van der Waals surface area contributed by atoms with Crippen LogP contribution in [-0.2, 0) is 0 Å². The van der Waals surface area contributed by atoms with Gasteiger partial charge in [-0.25, -0.2) is 0 Å². The third-order valence-corrected chi connectivity index (χ3v) is 1.14. The average molecular weight is 214 g/mol. The van der Waals surface area contributed by atoms with E-state index in [1.165, 1.54) is 6.38 Å². The summed E-state index contributed by atoms with van der Waals surface area (Å²) < 4.78 is 0. The number of alkyl halides is 2. The molecule has 0 nitrogen and oxygen atoms in total. The second kappa shape index (κ2) is 10.1. The Hall–Kier alpha value is 0.0900. The number of rotatable bonds is 3. The van der Waals surface area contributed by atoms with Gasteiger partial charge in [-0.2, -0.15) is 0 Å². The van der Waals surface area contributed by atoms with E-state index in [1.54, 1.807) is 12.2 Å². The molecule has 0 atom stereocenters. The molecule has 0 amide bonds. The lowest BCUT2D eigenvalue weighted by atomic mass is 10.3. The van der Waals surface area contributed by atoms with Crippen LogP contribution in [0.1, 0.15) is 0 Å². The van der Waals surface area contributed by atoms with Gasteiger partial charge < -0.3 is 0 Å². The SMILES string of the molecule is C=C(Cl)/C=C\C(=C)CCl.CCl. The summed E-state index contributed by atoms with van der Waals surface area (Å²) in [6.45, 7) is 7.08. The molecule has 0 heterocycles. The summed E-state index contributed by atoms with van der Waals surface area (Å²) in [5.41, 5.74) is 0.832. The van der Waals surface area contributed by atoms with E-state index in [-0.39, 0.29) is 0 Å². The van der Waals surface area contributed by atoms with Crippen LogP contribution >= 0.6 is 34.8 Å². The van der Waals surface area contributed by atoms with Crippen LogP contribution in [-0.4, -0.2) is 12.3 Å². The van der Waals surface area contributed by atoms with Gasteiger partial charge in [0.05, 0.1) is 0 Å². The lowest BCUT2D eigenvalue weighted by molar-refractivity contribution is 1.57. The molecule has 0 saturated carbocycles. The summed E-state index contributed by atoms with van der Waals surface area (Å²) in [6.07, 6.45) is 4.87. The Morgan fingerprint density at radius 3 is 2.00 bits per heavy atom. The van der Waals surface area contributed by atoms with Crippen LogP contribution in [0, 0.1) is 0 Å². The summed E-state index contributed by atoms with van der Waals surface area (Å²) in [4.78, 5) is 0. The minimum atomic E-state index is 0.431. The van der Waals surface area contributed by atoms with E-state index in [9.17, 15) is 0 Å². The van der Waals surface area contributed by atoms with Gasteiger partial charge in [0.2, 0.25) is 0 Å². The minimum absolute atomic E-state index is 0.431. The fourth-order valence-corrected chi connectivity index (χ4v) is 0.405. The highest BCUT2D eigenvalue weighted by molar-refractivity contribution is 6.30. The Balaban J connectivity index is 0. The maximum atomic E-state index is 5.41. The molecular formula is C8H11Cl3. The molecule has 0 aromatic rings. The molecule has 0 rings (SSSR count). The number of halogens is 3. The van der Waals surface area contributed by atoms with Gasteiger partial charge >= 0.3 is 0 Å². The molecule has 0 radical (unpaired) electrons. The predicted octanol–water partition coefficient (Wildman–Crippen LogP) is 3.95. The summed E-state index contributed by atoms with van der Waals surface area (Å²) in [5.74, 6) is 0.431. The molecule has 0 aromatic heterocycles. The van der Waals surface area contributed by atoms with E-state index in [0.29, 0.717) is 10.9 Å². The summed E-state index contributed by atoms with van der Waals surface area (Å²) >= 11 is 15.5. The highest BCUT2D eigenvalue weighted by Crippen LogP contribution is 2.02. The first kappa shape index (κ1) is 13.7. The Labute approximate surface area is 83.1 Å². The maximum Gasteiger partial charge on any atom is 0.0468 e. The largest absolute Gasteiger partial charge is 0.130 e. The zero-order valence-electron chi connectivity index (χ0n) is 6.41. The van der Waals surface area contributed by atoms with E-state index in [1.807, 2.05) is 0 Å². The van der Waals surface area contributed by atoms with E-state index in [4.69, 9.17) is 23.2 Å². The fourth-order valence-electron chi connectivity index (χ4n) is 0.253. The van der Waals surface area contributed by atoms with Gasteiger partial charge in [0.15, 0.2) is 0 Å². The number of allylic oxidation sites excluding steroid dienone is 4. The molecule has 3 heteroatoms. The normalized spacial score (nSPS) is 8.73. The van der Waals surface area contributed by atoms with Crippen molar-refractivity contribution in [1.29, 1.82) is 0 Å². The van der Waals surface area contributed by atoms with Gasteiger partial charge in [-0.15, -0.1) is 23.2 Å². The van der Waals surface area contributed by atoms with E-state index in [0.717, 1.165) is 5.57 Å². The van der Waals surface area contributed by atoms with Crippen molar-refractivity contribution in [2.45, 2.75) is 0 Å². The van der Waals surface area contributed by atoms with Crippen molar-refractivity contribution in [3.05, 3.63) is 35.9 Å². The molecule has 0 aliphatic carbocycles. The Morgan fingerprint density at radius 1 is 1.27 bits per heavy atom. The zero-order valence-corrected chi connectivity index (χ0v) is 8.68. The molecule has 0 aliphatic rings. The smallest absolute Gasteiger partial charge is 0.0468 e. The van der Waals surface area contributed by atoms with Crippen molar-refractivity contribution in [2.75, 3.05) is 12.3 Å². The lowest BCUT2D eigenvalue weighted by Crippen LogP contribution is -1.72. The Morgan fingerprint density at radius 2 is 1.73 bits per heavy atom. The monoisotopic (exact) mass is 212 g/mol. The first-order valence-electron chi connectivity index (χ1n) is 2.81. The third-order valence-electron chi connectivity index (χ3n) is 0.672. The van der Waals surface area contributed by atoms with Crippen LogP contribution in [0.4, 0.5) is 0 Å². The van der Waals surface area contributed by atoms with E-state index in [2.05, 4.69) is 24.8 Å². The van der Waals surface area contributed by atoms with Crippen LogP contribution in [0.25, 0.3) is 0 Å². The van der Waals surface area contributed by atoms with Gasteiger partial charge in [0.25, 0.3) is 0 Å². The first-order valence-corrected chi connectivity index (χ1v) is 4.47. The second-order valence-corrected chi connectivity index (χ2v) is 2.32. The van der Waals surface area contributed by atoms with Gasteiger partial charge in [0.1, 0.15) is 0 Å². The van der Waals surface area contributed by atoms with Crippen molar-refractivity contribution in [1.82, 2.24) is 0 Å². The highest BCUT2D eigenvalue weighted by atomic mass is 35.5. The quantitative estimate of drug-likeness (QED) is 0.492. The molecule has 0 spiro atoms. The molecule has 0 aromatic carbocycles. The third kappa shape index (κ3) is 13.1. The summed E-state index contributed by atoms with van der Waals surface area (Å²) in [5, 5.41) is 0.487. The molecule has 0 aliphatic heterocycles. The van der Waals surface area contributed by atoms with Crippen LogP contribution in [0.5, 0.6) is 0 Å². The summed E-state index contributed by atoms with van der Waals surface area (Å²) in [6, 6.07) is 0. The van der Waals surface area contributed by atoms with Gasteiger partial charge in [-0.1, -0.05) is 30.8 Å². The van der Waals surface area contributed by atoms with Crippen LogP contribution in [0.2, 0.25) is 0 Å². The van der Waals surface area contributed by atoms with Gasteiger partial charge in [-0.05, 0) is 11.6 Å². The number of hydrogen-bond donors (Lipinski definition) is 0. The zero-order chi connectivity index (χ0) is 9.28. The first-order chi connectivity index (χ1) is 5.16. The molecule has 64 valence electrons. The molecule has 11 heavy (non-hydrogen) atoms. The maximum absolute atomic E-state index is 5.41. The van der Waals surface area contributed by atoms with Crippen molar-refractivity contribution >= 4 is 34.8 Å². The van der Waals surface area contributed by atoms with Crippen molar-refractivity contribution in [3.8, 4) is 0 Å². The van der Waals surface area contributed by atoms with Gasteiger partial charge in [-0.3, -0.25) is 0 Å². The summed E-state index contributed by atoms with van der Waals surface area (Å²) in [7, 11) is 0.